The van der Waals surface area contributed by atoms with Crippen LogP contribution >= 0.6 is 0 Å². The zero-order chi connectivity index (χ0) is 22.0. The van der Waals surface area contributed by atoms with E-state index in [1.165, 1.54) is 24.8 Å². The van der Waals surface area contributed by atoms with Crippen LogP contribution in [0.1, 0.15) is 56.2 Å². The van der Waals surface area contributed by atoms with Crippen molar-refractivity contribution in [1.82, 2.24) is 20.0 Å². The van der Waals surface area contributed by atoms with Gasteiger partial charge in [-0.3, -0.25) is 9.69 Å². The molecule has 1 fully saturated rings. The molecule has 1 saturated heterocycles. The lowest BCUT2D eigenvalue weighted by molar-refractivity contribution is -0.126. The molecule has 3 aliphatic rings. The lowest BCUT2D eigenvalue weighted by Gasteiger charge is -2.33. The van der Waals surface area contributed by atoms with Crippen molar-refractivity contribution in [3.63, 3.8) is 0 Å². The van der Waals surface area contributed by atoms with E-state index in [4.69, 9.17) is 0 Å². The van der Waals surface area contributed by atoms with E-state index in [9.17, 15) is 9.59 Å². The number of rotatable bonds is 7. The molecular formula is C25H34N4O2. The first-order valence-corrected chi connectivity index (χ1v) is 11.5. The molecule has 0 bridgehead atoms. The Morgan fingerprint density at radius 3 is 2.45 bits per heavy atom. The van der Waals surface area contributed by atoms with Crippen molar-refractivity contribution in [3.8, 4) is 0 Å². The van der Waals surface area contributed by atoms with Crippen LogP contribution in [0.15, 0.2) is 48.2 Å². The van der Waals surface area contributed by atoms with E-state index in [-0.39, 0.29) is 11.9 Å². The molecule has 0 saturated carbocycles. The molecule has 4 rings (SSSR count). The second kappa shape index (κ2) is 9.27. The third-order valence-electron chi connectivity index (χ3n) is 6.68. The van der Waals surface area contributed by atoms with Gasteiger partial charge in [-0.2, -0.15) is 0 Å². The Hall–Kier alpha value is -2.60. The summed E-state index contributed by atoms with van der Waals surface area (Å²) in [5.74, 6) is 0.477. The summed E-state index contributed by atoms with van der Waals surface area (Å²) >= 11 is 0. The van der Waals surface area contributed by atoms with Gasteiger partial charge in [0.15, 0.2) is 0 Å². The Bertz CT molecular complexity index is 868. The fourth-order valence-corrected chi connectivity index (χ4v) is 4.82. The minimum atomic E-state index is -0.405. The van der Waals surface area contributed by atoms with Crippen molar-refractivity contribution in [3.05, 3.63) is 59.3 Å². The number of carbonyl (C=O) groups is 2. The van der Waals surface area contributed by atoms with Crippen LogP contribution in [0.25, 0.3) is 0 Å². The predicted octanol–water partition coefficient (Wildman–Crippen LogP) is 3.64. The molecule has 0 aromatic heterocycles. The van der Waals surface area contributed by atoms with E-state index in [1.54, 1.807) is 11.0 Å². The summed E-state index contributed by atoms with van der Waals surface area (Å²) in [6.07, 6.45) is 5.49. The Morgan fingerprint density at radius 2 is 1.81 bits per heavy atom. The van der Waals surface area contributed by atoms with Crippen LogP contribution in [0.4, 0.5) is 4.79 Å². The van der Waals surface area contributed by atoms with Crippen molar-refractivity contribution in [2.75, 3.05) is 39.3 Å². The molecule has 1 aromatic carbocycles. The topological polar surface area (TPSA) is 55.9 Å². The van der Waals surface area contributed by atoms with Crippen LogP contribution in [0.3, 0.4) is 0 Å². The summed E-state index contributed by atoms with van der Waals surface area (Å²) in [6, 6.07) is 7.70. The summed E-state index contributed by atoms with van der Waals surface area (Å²) < 4.78 is 0. The number of likely N-dealkylation sites (tertiary alicyclic amines) is 1. The lowest BCUT2D eigenvalue weighted by Crippen LogP contribution is -2.47. The number of piperidine rings is 1. The minimum absolute atomic E-state index is 0.0407. The fourth-order valence-electron chi connectivity index (χ4n) is 4.82. The molecule has 1 atom stereocenters. The van der Waals surface area contributed by atoms with Gasteiger partial charge in [-0.05, 0) is 43.0 Å². The average Bonchev–Trinajstić information content (AvgIpc) is 3.11. The monoisotopic (exact) mass is 422 g/mol. The number of carbonyl (C=O) groups excluding carboxylic acids is 2. The van der Waals surface area contributed by atoms with Crippen LogP contribution in [-0.2, 0) is 4.79 Å². The van der Waals surface area contributed by atoms with Crippen LogP contribution in [0.5, 0.6) is 0 Å². The van der Waals surface area contributed by atoms with Crippen molar-refractivity contribution in [1.29, 1.82) is 0 Å². The largest absolute Gasteiger partial charge is 0.332 e. The van der Waals surface area contributed by atoms with Gasteiger partial charge < -0.3 is 15.1 Å². The number of benzene rings is 1. The number of nitrogens with zero attached hydrogens (tertiary/aromatic N) is 3. The van der Waals surface area contributed by atoms with Crippen LogP contribution in [0.2, 0.25) is 0 Å². The average molecular weight is 423 g/mol. The SMILES string of the molecule is C=CCN1C(=O)NC(c2ccc(C(C)C)cc2)C2=C1CN(CCN1CCCCC1)C2=O. The van der Waals surface area contributed by atoms with Crippen molar-refractivity contribution in [2.24, 2.45) is 0 Å². The standard InChI is InChI=1S/C25H34N4O2/c1-4-12-29-21-17-28(16-15-27-13-6-5-7-14-27)24(30)22(21)23(26-25(29)31)20-10-8-19(9-11-20)18(2)3/h4,8-11,18,23H,1,5-7,12-17H2,2-3H3,(H,26,31). The molecule has 6 nitrogen and oxygen atoms in total. The van der Waals surface area contributed by atoms with Crippen LogP contribution < -0.4 is 5.32 Å². The molecular weight excluding hydrogens is 388 g/mol. The molecule has 1 aromatic rings. The summed E-state index contributed by atoms with van der Waals surface area (Å²) in [5, 5.41) is 3.07. The molecule has 0 radical (unpaired) electrons. The Morgan fingerprint density at radius 1 is 1.10 bits per heavy atom. The highest BCUT2D eigenvalue weighted by Crippen LogP contribution is 2.36. The van der Waals surface area contributed by atoms with Gasteiger partial charge in [-0.15, -0.1) is 6.58 Å². The van der Waals surface area contributed by atoms with Crippen molar-refractivity contribution >= 4 is 11.9 Å². The van der Waals surface area contributed by atoms with Gasteiger partial charge in [-0.1, -0.05) is 50.6 Å². The maximum absolute atomic E-state index is 13.5. The van der Waals surface area contributed by atoms with E-state index >= 15 is 0 Å². The summed E-state index contributed by atoms with van der Waals surface area (Å²) in [5.41, 5.74) is 3.73. The van der Waals surface area contributed by atoms with E-state index in [0.717, 1.165) is 30.9 Å². The van der Waals surface area contributed by atoms with Gasteiger partial charge in [0.05, 0.1) is 23.9 Å². The van der Waals surface area contributed by atoms with Gasteiger partial charge in [0.2, 0.25) is 0 Å². The predicted molar refractivity (Wildman–Crippen MR) is 123 cm³/mol. The molecule has 0 aliphatic carbocycles. The second-order valence-corrected chi connectivity index (χ2v) is 9.09. The second-order valence-electron chi connectivity index (χ2n) is 9.09. The summed E-state index contributed by atoms with van der Waals surface area (Å²) in [6.45, 7) is 12.8. The van der Waals surface area contributed by atoms with E-state index in [0.29, 0.717) is 31.1 Å². The quantitative estimate of drug-likeness (QED) is 0.683. The minimum Gasteiger partial charge on any atom is -0.332 e. The molecule has 166 valence electrons. The number of urea groups is 1. The number of nitrogens with one attached hydrogen (secondary N) is 1. The maximum atomic E-state index is 13.5. The zero-order valence-electron chi connectivity index (χ0n) is 18.8. The number of amides is 3. The highest BCUT2D eigenvalue weighted by molar-refractivity contribution is 6.01. The zero-order valence-corrected chi connectivity index (χ0v) is 18.8. The molecule has 6 heteroatoms. The molecule has 3 amide bonds. The van der Waals surface area contributed by atoms with Crippen LogP contribution in [-0.4, -0.2) is 65.9 Å². The van der Waals surface area contributed by atoms with Gasteiger partial charge in [-0.25, -0.2) is 4.79 Å². The van der Waals surface area contributed by atoms with Crippen LogP contribution in [0, 0.1) is 0 Å². The molecule has 31 heavy (non-hydrogen) atoms. The van der Waals surface area contributed by atoms with E-state index in [2.05, 4.69) is 42.8 Å². The first-order chi connectivity index (χ1) is 15.0. The normalized spacial score (nSPS) is 22.2. The van der Waals surface area contributed by atoms with Gasteiger partial charge in [0, 0.05) is 19.6 Å². The molecule has 1 unspecified atom stereocenters. The molecule has 0 spiro atoms. The maximum Gasteiger partial charge on any atom is 0.322 e. The van der Waals surface area contributed by atoms with E-state index < -0.39 is 6.04 Å². The first-order valence-electron chi connectivity index (χ1n) is 11.5. The third-order valence-corrected chi connectivity index (χ3v) is 6.68. The number of hydrogen-bond donors (Lipinski definition) is 1. The summed E-state index contributed by atoms with van der Waals surface area (Å²) in [4.78, 5) is 32.4. The molecule has 3 aliphatic heterocycles. The van der Waals surface area contributed by atoms with Gasteiger partial charge in [0.1, 0.15) is 0 Å². The summed E-state index contributed by atoms with van der Waals surface area (Å²) in [7, 11) is 0. The Balaban J connectivity index is 1.58. The highest BCUT2D eigenvalue weighted by atomic mass is 16.2. The molecule has 1 N–H and O–H groups in total. The fraction of sp³-hybridized carbons (Fsp3) is 0.520. The van der Waals surface area contributed by atoms with Crippen molar-refractivity contribution in [2.45, 2.75) is 45.1 Å². The van der Waals surface area contributed by atoms with Crippen molar-refractivity contribution < 1.29 is 9.59 Å². The Labute approximate surface area is 185 Å². The first kappa shape index (κ1) is 21.6. The lowest BCUT2D eigenvalue weighted by atomic mass is 9.93. The highest BCUT2D eigenvalue weighted by Gasteiger charge is 2.43. The van der Waals surface area contributed by atoms with Gasteiger partial charge in [0.25, 0.3) is 5.91 Å². The number of hydrogen-bond acceptors (Lipinski definition) is 3. The Kier molecular flexibility index (Phi) is 6.46. The third kappa shape index (κ3) is 4.40. The molecule has 3 heterocycles. The van der Waals surface area contributed by atoms with E-state index in [1.807, 2.05) is 17.0 Å². The van der Waals surface area contributed by atoms with Gasteiger partial charge >= 0.3 is 6.03 Å². The smallest absolute Gasteiger partial charge is 0.322 e.